The number of nitrogens with one attached hydrogen (secondary N) is 2. The molecule has 0 bridgehead atoms. The monoisotopic (exact) mass is 269 g/mol. The second kappa shape index (κ2) is 11.1. The SMILES string of the molecule is N=C(N)NCCC[SiH2]O[SiH2]O[SiH2]O[SiH3]. The number of hydrogen-bond donors (Lipinski definition) is 3. The van der Waals surface area contributed by atoms with E-state index >= 15 is 0 Å². The van der Waals surface area contributed by atoms with E-state index in [1.807, 2.05) is 0 Å². The highest BCUT2D eigenvalue weighted by molar-refractivity contribution is 6.44. The first kappa shape index (κ1) is 14.0. The van der Waals surface area contributed by atoms with Crippen LogP contribution in [0.2, 0.25) is 6.04 Å². The Hall–Kier alpha value is 0.0175. The minimum absolute atomic E-state index is 0.0422. The molecular weight excluding hydrogens is 250 g/mol. The van der Waals surface area contributed by atoms with Gasteiger partial charge < -0.3 is 23.4 Å². The molecule has 0 radical (unpaired) electrons. The van der Waals surface area contributed by atoms with Gasteiger partial charge in [0.05, 0.1) is 0 Å². The fourth-order valence-corrected chi connectivity index (χ4v) is 6.50. The van der Waals surface area contributed by atoms with E-state index in [-0.39, 0.29) is 5.96 Å². The Bertz CT molecular complexity index is 152. The molecule has 0 fully saturated rings. The predicted molar refractivity (Wildman–Crippen MR) is 68.2 cm³/mol. The van der Waals surface area contributed by atoms with Crippen molar-refractivity contribution in [3.05, 3.63) is 0 Å². The molecule has 0 atom stereocenters. The van der Waals surface area contributed by atoms with Crippen molar-refractivity contribution >= 4 is 46.2 Å². The molecule has 4 N–H and O–H groups in total. The summed E-state index contributed by atoms with van der Waals surface area (Å²) in [6.07, 6.45) is 1.02. The fourth-order valence-electron chi connectivity index (χ4n) is 0.787. The van der Waals surface area contributed by atoms with Crippen molar-refractivity contribution in [3.8, 4) is 0 Å². The van der Waals surface area contributed by atoms with Gasteiger partial charge in [0.15, 0.2) is 5.96 Å². The molecule has 10 heteroatoms. The standard InChI is InChI=1S/C4H19N3O3Si4/c5-4(6)7-2-1-3-12-9-14-10-13-8-11/h1-3,12-14H2,11H3,(H4,5,6,7). The van der Waals surface area contributed by atoms with E-state index in [4.69, 9.17) is 23.5 Å². The van der Waals surface area contributed by atoms with Gasteiger partial charge >= 0.3 is 0 Å². The van der Waals surface area contributed by atoms with E-state index in [9.17, 15) is 0 Å². The third kappa shape index (κ3) is 12.0. The maximum atomic E-state index is 6.91. The Morgan fingerprint density at radius 1 is 1.43 bits per heavy atom. The number of guanidine groups is 1. The first-order valence-corrected chi connectivity index (χ1v) is 9.20. The second-order valence-corrected chi connectivity index (χ2v) is 9.85. The molecule has 6 nitrogen and oxygen atoms in total. The van der Waals surface area contributed by atoms with Crippen molar-refractivity contribution in [1.29, 1.82) is 5.41 Å². The number of rotatable bonds is 9. The largest absolute Gasteiger partial charge is 0.449 e. The van der Waals surface area contributed by atoms with Crippen molar-refractivity contribution in [2.75, 3.05) is 6.54 Å². The predicted octanol–water partition coefficient (Wildman–Crippen LogP) is -4.31. The van der Waals surface area contributed by atoms with E-state index in [1.54, 1.807) is 0 Å². The van der Waals surface area contributed by atoms with Gasteiger partial charge in [-0.1, -0.05) is 0 Å². The third-order valence-electron chi connectivity index (χ3n) is 1.40. The van der Waals surface area contributed by atoms with Gasteiger partial charge in [0.1, 0.15) is 20.2 Å². The zero-order valence-electron chi connectivity index (χ0n) is 8.54. The minimum atomic E-state index is -0.716. The Morgan fingerprint density at radius 2 is 2.21 bits per heavy atom. The summed E-state index contributed by atoms with van der Waals surface area (Å²) >= 11 is 0. The van der Waals surface area contributed by atoms with Crippen LogP contribution in [-0.4, -0.2) is 52.8 Å². The first-order valence-electron chi connectivity index (χ1n) is 4.49. The van der Waals surface area contributed by atoms with Gasteiger partial charge in [-0.15, -0.1) is 0 Å². The smallest absolute Gasteiger partial charge is 0.284 e. The molecule has 14 heavy (non-hydrogen) atoms. The molecule has 0 aliphatic carbocycles. The van der Waals surface area contributed by atoms with Gasteiger partial charge in [-0.3, -0.25) is 5.41 Å². The van der Waals surface area contributed by atoms with Crippen LogP contribution in [0.15, 0.2) is 0 Å². The number of hydrogen-bond acceptors (Lipinski definition) is 4. The van der Waals surface area contributed by atoms with Gasteiger partial charge in [0.2, 0.25) is 0 Å². The molecule has 0 spiro atoms. The summed E-state index contributed by atoms with van der Waals surface area (Å²) in [5.41, 5.74) is 5.12. The van der Waals surface area contributed by atoms with Crippen LogP contribution in [0, 0.1) is 5.41 Å². The molecule has 84 valence electrons. The third-order valence-corrected chi connectivity index (χ3v) is 6.28. The zero-order valence-corrected chi connectivity index (χ0v) is 14.8. The molecule has 0 aliphatic heterocycles. The Morgan fingerprint density at radius 3 is 2.86 bits per heavy atom. The number of nitrogens with two attached hydrogens (primary N) is 1. The summed E-state index contributed by atoms with van der Waals surface area (Å²) in [4.78, 5) is 0. The molecule has 0 aromatic rings. The molecule has 0 amide bonds. The van der Waals surface area contributed by atoms with Gasteiger partial charge in [0, 0.05) is 6.54 Å². The van der Waals surface area contributed by atoms with Gasteiger partial charge in [-0.2, -0.15) is 0 Å². The maximum Gasteiger partial charge on any atom is 0.284 e. The zero-order chi connectivity index (χ0) is 10.6. The van der Waals surface area contributed by atoms with Gasteiger partial charge in [0.25, 0.3) is 20.0 Å². The summed E-state index contributed by atoms with van der Waals surface area (Å²) in [6, 6.07) is 1.11. The Balaban J connectivity index is 2.88. The molecule has 0 aromatic heterocycles. The van der Waals surface area contributed by atoms with Crippen LogP contribution in [0.5, 0.6) is 0 Å². The Kier molecular flexibility index (Phi) is 11.1. The van der Waals surface area contributed by atoms with E-state index in [1.165, 1.54) is 0 Å². The van der Waals surface area contributed by atoms with Crippen molar-refractivity contribution in [1.82, 2.24) is 5.32 Å². The van der Waals surface area contributed by atoms with Crippen molar-refractivity contribution in [2.24, 2.45) is 5.73 Å². The highest BCUT2D eigenvalue weighted by Gasteiger charge is 1.92. The first-order chi connectivity index (χ1) is 6.77. The van der Waals surface area contributed by atoms with Crippen LogP contribution in [0.1, 0.15) is 6.42 Å². The summed E-state index contributed by atoms with van der Waals surface area (Å²) in [6.45, 7) is 0.770. The van der Waals surface area contributed by atoms with Crippen LogP contribution in [0.25, 0.3) is 0 Å². The van der Waals surface area contributed by atoms with Gasteiger partial charge in [-0.25, -0.2) is 0 Å². The summed E-state index contributed by atoms with van der Waals surface area (Å²) in [7, 11) is -1.00. The molecule has 0 unspecified atom stereocenters. The molecular formula is C4H19N3O3Si4. The van der Waals surface area contributed by atoms with E-state index in [2.05, 4.69) is 5.32 Å². The van der Waals surface area contributed by atoms with Crippen LogP contribution < -0.4 is 11.1 Å². The highest BCUT2D eigenvalue weighted by atomic mass is 28.4. The van der Waals surface area contributed by atoms with Crippen molar-refractivity contribution < 1.29 is 12.3 Å². The van der Waals surface area contributed by atoms with E-state index < -0.39 is 29.8 Å². The lowest BCUT2D eigenvalue weighted by Gasteiger charge is -2.05. The average molecular weight is 270 g/mol. The van der Waals surface area contributed by atoms with Crippen LogP contribution in [0.3, 0.4) is 0 Å². The van der Waals surface area contributed by atoms with Crippen LogP contribution >= 0.6 is 0 Å². The van der Waals surface area contributed by atoms with Crippen LogP contribution in [0.4, 0.5) is 0 Å². The molecule has 0 saturated carbocycles. The lowest BCUT2D eigenvalue weighted by molar-refractivity contribution is 0.437. The van der Waals surface area contributed by atoms with E-state index in [0.29, 0.717) is 0 Å². The molecule has 0 aromatic carbocycles. The molecule has 0 rings (SSSR count). The van der Waals surface area contributed by atoms with Gasteiger partial charge in [-0.05, 0) is 12.5 Å². The molecule has 0 heterocycles. The lowest BCUT2D eigenvalue weighted by atomic mass is 10.5. The summed E-state index contributed by atoms with van der Waals surface area (Å²) in [5, 5.41) is 9.67. The molecule has 0 aliphatic rings. The summed E-state index contributed by atoms with van der Waals surface area (Å²) < 4.78 is 15.7. The normalized spacial score (nSPS) is 12.9. The Labute approximate surface area is 94.4 Å². The maximum absolute atomic E-state index is 6.91. The average Bonchev–Trinajstić information content (AvgIpc) is 2.15. The highest BCUT2D eigenvalue weighted by Crippen LogP contribution is 1.86. The van der Waals surface area contributed by atoms with E-state index in [0.717, 1.165) is 29.5 Å². The quantitative estimate of drug-likeness (QED) is 0.171. The van der Waals surface area contributed by atoms with Crippen molar-refractivity contribution in [2.45, 2.75) is 12.5 Å². The lowest BCUT2D eigenvalue weighted by Crippen LogP contribution is -2.31. The van der Waals surface area contributed by atoms with Crippen molar-refractivity contribution in [3.63, 3.8) is 0 Å². The topological polar surface area (TPSA) is 89.6 Å². The van der Waals surface area contributed by atoms with Crippen LogP contribution in [-0.2, 0) is 12.3 Å². The minimum Gasteiger partial charge on any atom is -0.449 e. The molecule has 0 saturated heterocycles. The second-order valence-electron chi connectivity index (χ2n) is 2.68. The summed E-state index contributed by atoms with van der Waals surface area (Å²) in [5.74, 6) is 0.0422. The fraction of sp³-hybridized carbons (Fsp3) is 0.750.